The van der Waals surface area contributed by atoms with Gasteiger partial charge >= 0.3 is 5.97 Å². The Morgan fingerprint density at radius 3 is 2.45 bits per heavy atom. The molecule has 2 rings (SSSR count). The van der Waals surface area contributed by atoms with Gasteiger partial charge in [0.1, 0.15) is 11.4 Å². The Bertz CT molecular complexity index is 651. The van der Waals surface area contributed by atoms with E-state index in [2.05, 4.69) is 5.32 Å². The van der Waals surface area contributed by atoms with Gasteiger partial charge < -0.3 is 14.8 Å². The molecule has 0 aliphatic heterocycles. The van der Waals surface area contributed by atoms with E-state index in [1.54, 1.807) is 13.0 Å². The maximum Gasteiger partial charge on any atom is 0.329 e. The highest BCUT2D eigenvalue weighted by Gasteiger charge is 2.39. The third-order valence-electron chi connectivity index (χ3n) is 3.53. The maximum absolute atomic E-state index is 13.0. The zero-order chi connectivity index (χ0) is 16.2. The predicted octanol–water partition coefficient (Wildman–Crippen LogP) is 2.62. The lowest BCUT2D eigenvalue weighted by atomic mass is 9.88. The van der Waals surface area contributed by atoms with E-state index in [4.69, 9.17) is 4.42 Å². The van der Waals surface area contributed by atoms with Crippen LogP contribution in [0.25, 0.3) is 0 Å². The van der Waals surface area contributed by atoms with E-state index < -0.39 is 23.2 Å². The molecular weight excluding hydrogens is 289 g/mol. The number of carboxylic acids is 1. The number of rotatable bonds is 6. The van der Waals surface area contributed by atoms with E-state index in [-0.39, 0.29) is 18.6 Å². The summed E-state index contributed by atoms with van der Waals surface area (Å²) in [4.78, 5) is 23.8. The van der Waals surface area contributed by atoms with Crippen LogP contribution in [0.5, 0.6) is 0 Å². The average Bonchev–Trinajstić information content (AvgIpc) is 3.03. The summed E-state index contributed by atoms with van der Waals surface area (Å²) in [6, 6.07) is 8.51. The second-order valence-corrected chi connectivity index (χ2v) is 4.98. The molecule has 1 heterocycles. The van der Waals surface area contributed by atoms with Crippen molar-refractivity contribution in [1.29, 1.82) is 0 Å². The molecule has 1 aromatic carbocycles. The number of halogens is 1. The number of carbonyl (C=O) groups excluding carboxylic acids is 1. The van der Waals surface area contributed by atoms with Gasteiger partial charge in [-0.1, -0.05) is 19.1 Å². The minimum absolute atomic E-state index is 0.0400. The number of amides is 1. The van der Waals surface area contributed by atoms with Crippen molar-refractivity contribution < 1.29 is 23.5 Å². The van der Waals surface area contributed by atoms with Crippen LogP contribution in [0.1, 0.15) is 29.5 Å². The van der Waals surface area contributed by atoms with E-state index in [9.17, 15) is 19.1 Å². The monoisotopic (exact) mass is 305 g/mol. The molecule has 0 unspecified atom stereocenters. The summed E-state index contributed by atoms with van der Waals surface area (Å²) < 4.78 is 17.9. The molecule has 6 heteroatoms. The van der Waals surface area contributed by atoms with Crippen LogP contribution in [0.4, 0.5) is 4.39 Å². The fourth-order valence-electron chi connectivity index (χ4n) is 2.18. The van der Waals surface area contributed by atoms with Crippen molar-refractivity contribution in [3.05, 3.63) is 59.8 Å². The first-order valence-electron chi connectivity index (χ1n) is 6.81. The molecule has 0 spiro atoms. The quantitative estimate of drug-likeness (QED) is 0.860. The molecule has 2 N–H and O–H groups in total. The summed E-state index contributed by atoms with van der Waals surface area (Å²) in [6.45, 7) is 1.67. The Kier molecular flexibility index (Phi) is 4.60. The Balaban J connectivity index is 2.25. The first-order valence-corrected chi connectivity index (χ1v) is 6.81. The number of hydrogen-bond acceptors (Lipinski definition) is 3. The molecule has 2 aromatic rings. The molecule has 1 atom stereocenters. The molecule has 1 aromatic heterocycles. The molecule has 1 amide bonds. The van der Waals surface area contributed by atoms with Gasteiger partial charge in [-0.25, -0.2) is 9.18 Å². The Hall–Kier alpha value is -2.63. The topological polar surface area (TPSA) is 79.5 Å². The third-order valence-corrected chi connectivity index (χ3v) is 3.53. The first kappa shape index (κ1) is 15.8. The number of furan rings is 1. The predicted molar refractivity (Wildman–Crippen MR) is 76.9 cm³/mol. The smallest absolute Gasteiger partial charge is 0.329 e. The van der Waals surface area contributed by atoms with Crippen molar-refractivity contribution >= 4 is 11.9 Å². The van der Waals surface area contributed by atoms with Crippen molar-refractivity contribution in [2.45, 2.75) is 25.3 Å². The van der Waals surface area contributed by atoms with Crippen LogP contribution in [0, 0.1) is 5.82 Å². The minimum Gasteiger partial charge on any atom is -0.479 e. The zero-order valence-electron chi connectivity index (χ0n) is 12.0. The average molecular weight is 305 g/mol. The van der Waals surface area contributed by atoms with Crippen molar-refractivity contribution in [3.63, 3.8) is 0 Å². The summed E-state index contributed by atoms with van der Waals surface area (Å²) in [6.07, 6.45) is 1.56. The normalized spacial score (nSPS) is 13.4. The molecule has 22 heavy (non-hydrogen) atoms. The van der Waals surface area contributed by atoms with Gasteiger partial charge in [0.25, 0.3) is 5.91 Å². The molecule has 0 radical (unpaired) electrons. The number of aliphatic carboxylic acids is 1. The summed E-state index contributed by atoms with van der Waals surface area (Å²) in [7, 11) is 0. The lowest BCUT2D eigenvalue weighted by Gasteiger charge is -2.29. The van der Waals surface area contributed by atoms with Gasteiger partial charge in [0, 0.05) is 6.42 Å². The standard InChI is InChI=1S/C16H16FNO4/c1-2-16(15(20)21,10-11-5-7-12(17)8-6-11)18-14(19)13-4-3-9-22-13/h3-9H,2,10H2,1H3,(H,18,19)(H,20,21)/t16-/m1/s1. The summed E-state index contributed by atoms with van der Waals surface area (Å²) in [5.74, 6) is -2.12. The number of hydrogen-bond donors (Lipinski definition) is 2. The molecule has 0 fully saturated rings. The summed E-state index contributed by atoms with van der Waals surface area (Å²) >= 11 is 0. The lowest BCUT2D eigenvalue weighted by Crippen LogP contribution is -2.55. The second kappa shape index (κ2) is 6.43. The van der Waals surface area contributed by atoms with Crippen molar-refractivity contribution in [2.24, 2.45) is 0 Å². The number of carboxylic acid groups (broad SMARTS) is 1. The molecule has 0 aliphatic carbocycles. The molecule has 0 saturated carbocycles. The van der Waals surface area contributed by atoms with Gasteiger partial charge in [0.15, 0.2) is 5.76 Å². The molecule has 0 saturated heterocycles. The fourth-order valence-corrected chi connectivity index (χ4v) is 2.18. The summed E-state index contributed by atoms with van der Waals surface area (Å²) in [5, 5.41) is 12.1. The Labute approximate surface area is 126 Å². The van der Waals surface area contributed by atoms with Gasteiger partial charge in [-0.15, -0.1) is 0 Å². The largest absolute Gasteiger partial charge is 0.479 e. The SMILES string of the molecule is CC[C@](Cc1ccc(F)cc1)(NC(=O)c1ccco1)C(=O)O. The Morgan fingerprint density at radius 1 is 1.27 bits per heavy atom. The number of carbonyl (C=O) groups is 2. The molecular formula is C16H16FNO4. The zero-order valence-corrected chi connectivity index (χ0v) is 12.0. The van der Waals surface area contributed by atoms with E-state index >= 15 is 0 Å². The van der Waals surface area contributed by atoms with Crippen LogP contribution in [0.15, 0.2) is 47.1 Å². The van der Waals surface area contributed by atoms with Crippen LogP contribution in [-0.2, 0) is 11.2 Å². The molecule has 0 bridgehead atoms. The summed E-state index contributed by atoms with van der Waals surface area (Å²) in [5.41, 5.74) is -0.868. The lowest BCUT2D eigenvalue weighted by molar-refractivity contribution is -0.144. The number of benzene rings is 1. The second-order valence-electron chi connectivity index (χ2n) is 4.98. The third kappa shape index (κ3) is 3.33. The van der Waals surface area contributed by atoms with Crippen LogP contribution in [-0.4, -0.2) is 22.5 Å². The maximum atomic E-state index is 13.0. The van der Waals surface area contributed by atoms with Gasteiger partial charge in [0.2, 0.25) is 0 Å². The molecule has 0 aliphatic rings. The Morgan fingerprint density at radius 2 is 1.95 bits per heavy atom. The molecule has 116 valence electrons. The number of nitrogens with one attached hydrogen (secondary N) is 1. The van der Waals surface area contributed by atoms with Crippen LogP contribution in [0.3, 0.4) is 0 Å². The van der Waals surface area contributed by atoms with E-state index in [1.165, 1.54) is 36.6 Å². The highest BCUT2D eigenvalue weighted by atomic mass is 19.1. The van der Waals surface area contributed by atoms with Crippen LogP contribution in [0.2, 0.25) is 0 Å². The van der Waals surface area contributed by atoms with E-state index in [1.807, 2.05) is 0 Å². The van der Waals surface area contributed by atoms with Crippen molar-refractivity contribution in [3.8, 4) is 0 Å². The van der Waals surface area contributed by atoms with Crippen molar-refractivity contribution in [2.75, 3.05) is 0 Å². The van der Waals surface area contributed by atoms with Gasteiger partial charge in [-0.3, -0.25) is 4.79 Å². The van der Waals surface area contributed by atoms with Crippen LogP contribution < -0.4 is 5.32 Å². The van der Waals surface area contributed by atoms with Crippen molar-refractivity contribution in [1.82, 2.24) is 5.32 Å². The minimum atomic E-state index is -1.48. The van der Waals surface area contributed by atoms with Gasteiger partial charge in [0.05, 0.1) is 6.26 Å². The van der Waals surface area contributed by atoms with Crippen LogP contribution >= 0.6 is 0 Å². The highest BCUT2D eigenvalue weighted by Crippen LogP contribution is 2.20. The fraction of sp³-hybridized carbons (Fsp3) is 0.250. The highest BCUT2D eigenvalue weighted by molar-refractivity contribution is 5.95. The molecule has 5 nitrogen and oxygen atoms in total. The van der Waals surface area contributed by atoms with E-state index in [0.717, 1.165) is 0 Å². The first-order chi connectivity index (χ1) is 10.5. The van der Waals surface area contributed by atoms with Gasteiger partial charge in [-0.2, -0.15) is 0 Å². The van der Waals surface area contributed by atoms with Gasteiger partial charge in [-0.05, 0) is 36.2 Å². The van der Waals surface area contributed by atoms with E-state index in [0.29, 0.717) is 5.56 Å².